The Balaban J connectivity index is 2.61. The Morgan fingerprint density at radius 2 is 2.21 bits per heavy atom. The molecule has 0 fully saturated rings. The van der Waals surface area contributed by atoms with E-state index >= 15 is 0 Å². The van der Waals surface area contributed by atoms with Gasteiger partial charge in [-0.05, 0) is 13.3 Å². The number of nitrogens with one attached hydrogen (secondary N) is 1. The van der Waals surface area contributed by atoms with E-state index in [4.69, 9.17) is 9.63 Å². The Labute approximate surface area is 108 Å². The maximum atomic E-state index is 11.7. The predicted molar refractivity (Wildman–Crippen MR) is 61.4 cm³/mol. The molecule has 2 N–H and O–H groups in total. The molecule has 0 saturated carbocycles. The molecule has 8 heteroatoms. The lowest BCUT2D eigenvalue weighted by Crippen LogP contribution is -2.41. The average Bonchev–Trinajstić information content (AvgIpc) is 2.80. The third kappa shape index (κ3) is 4.41. The summed E-state index contributed by atoms with van der Waals surface area (Å²) in [5.74, 6) is -2.02. The number of nitrogens with zero attached hydrogens (tertiary/aromatic N) is 1. The topological polar surface area (TPSA) is 119 Å². The molecule has 0 saturated heterocycles. The summed E-state index contributed by atoms with van der Waals surface area (Å²) in [4.78, 5) is 33.6. The molecule has 8 nitrogen and oxygen atoms in total. The first-order valence-corrected chi connectivity index (χ1v) is 5.48. The summed E-state index contributed by atoms with van der Waals surface area (Å²) in [5, 5.41) is 14.7. The Bertz CT molecular complexity index is 481. The summed E-state index contributed by atoms with van der Waals surface area (Å²) >= 11 is 0. The lowest BCUT2D eigenvalue weighted by molar-refractivity contribution is -0.142. The van der Waals surface area contributed by atoms with E-state index < -0.39 is 23.9 Å². The molecule has 0 aliphatic carbocycles. The van der Waals surface area contributed by atoms with Gasteiger partial charge in [0, 0.05) is 12.5 Å². The largest absolute Gasteiger partial charge is 0.480 e. The quantitative estimate of drug-likeness (QED) is 0.704. The first-order valence-electron chi connectivity index (χ1n) is 5.48. The minimum absolute atomic E-state index is 0.0122. The zero-order valence-corrected chi connectivity index (χ0v) is 10.5. The summed E-state index contributed by atoms with van der Waals surface area (Å²) in [7, 11) is 1.20. The van der Waals surface area contributed by atoms with Crippen LogP contribution in [0.4, 0.5) is 0 Å². The van der Waals surface area contributed by atoms with Crippen molar-refractivity contribution in [3.05, 3.63) is 17.5 Å². The van der Waals surface area contributed by atoms with Crippen LogP contribution >= 0.6 is 0 Å². The number of aromatic nitrogens is 1. The lowest BCUT2D eigenvalue weighted by Gasteiger charge is -2.12. The van der Waals surface area contributed by atoms with Crippen LogP contribution in [0.15, 0.2) is 10.6 Å². The van der Waals surface area contributed by atoms with Crippen molar-refractivity contribution in [2.45, 2.75) is 25.8 Å². The van der Waals surface area contributed by atoms with Crippen LogP contribution in [-0.4, -0.2) is 41.3 Å². The minimum Gasteiger partial charge on any atom is -0.480 e. The van der Waals surface area contributed by atoms with Gasteiger partial charge in [0.15, 0.2) is 5.69 Å². The molecule has 0 unspecified atom stereocenters. The molecule has 1 rings (SSSR count). The first kappa shape index (κ1) is 14.7. The lowest BCUT2D eigenvalue weighted by atomic mass is 10.1. The number of aliphatic carboxylic acids is 1. The number of carboxylic acid groups (broad SMARTS) is 1. The zero-order chi connectivity index (χ0) is 14.4. The van der Waals surface area contributed by atoms with E-state index in [2.05, 4.69) is 15.2 Å². The van der Waals surface area contributed by atoms with Crippen LogP contribution in [0.3, 0.4) is 0 Å². The van der Waals surface area contributed by atoms with E-state index in [1.165, 1.54) is 13.2 Å². The highest BCUT2D eigenvalue weighted by molar-refractivity contribution is 5.95. The van der Waals surface area contributed by atoms with E-state index in [9.17, 15) is 14.4 Å². The summed E-state index contributed by atoms with van der Waals surface area (Å²) < 4.78 is 9.11. The van der Waals surface area contributed by atoms with Gasteiger partial charge in [-0.3, -0.25) is 9.59 Å². The number of hydrogen-bond acceptors (Lipinski definition) is 6. The van der Waals surface area contributed by atoms with Gasteiger partial charge in [0.2, 0.25) is 0 Å². The van der Waals surface area contributed by atoms with Crippen LogP contribution in [0, 0.1) is 6.92 Å². The number of esters is 1. The molecule has 1 heterocycles. The number of aryl methyl sites for hydroxylation is 1. The number of amides is 1. The smallest absolute Gasteiger partial charge is 0.326 e. The summed E-state index contributed by atoms with van der Waals surface area (Å²) in [6.07, 6.45) is -0.170. The maximum Gasteiger partial charge on any atom is 0.326 e. The van der Waals surface area contributed by atoms with Gasteiger partial charge < -0.3 is 19.7 Å². The van der Waals surface area contributed by atoms with Crippen molar-refractivity contribution in [2.24, 2.45) is 0 Å². The fourth-order valence-electron chi connectivity index (χ4n) is 1.33. The minimum atomic E-state index is -1.24. The number of carboxylic acids is 1. The van der Waals surface area contributed by atoms with Crippen LogP contribution in [0.1, 0.15) is 29.1 Å². The summed E-state index contributed by atoms with van der Waals surface area (Å²) in [6, 6.07) is 0.192. The van der Waals surface area contributed by atoms with Crippen LogP contribution in [0.5, 0.6) is 0 Å². The molecule has 1 amide bonds. The van der Waals surface area contributed by atoms with E-state index in [1.807, 2.05) is 0 Å². The molecule has 0 bridgehead atoms. The van der Waals surface area contributed by atoms with Crippen molar-refractivity contribution in [3.63, 3.8) is 0 Å². The fourth-order valence-corrected chi connectivity index (χ4v) is 1.33. The average molecular weight is 270 g/mol. The van der Waals surface area contributed by atoms with Crippen LogP contribution in [0.2, 0.25) is 0 Å². The zero-order valence-electron chi connectivity index (χ0n) is 10.5. The molecule has 0 aromatic carbocycles. The van der Waals surface area contributed by atoms with E-state index in [-0.39, 0.29) is 18.5 Å². The van der Waals surface area contributed by atoms with Crippen LogP contribution in [0.25, 0.3) is 0 Å². The second-order valence-corrected chi connectivity index (χ2v) is 3.80. The Morgan fingerprint density at radius 3 is 2.68 bits per heavy atom. The van der Waals surface area contributed by atoms with Gasteiger partial charge in [-0.15, -0.1) is 0 Å². The third-order valence-corrected chi connectivity index (χ3v) is 2.33. The van der Waals surface area contributed by atoms with Gasteiger partial charge in [-0.1, -0.05) is 5.16 Å². The standard InChI is InChI=1S/C11H14N2O6/c1-6-5-8(13-19-6)10(15)12-7(11(16)17)3-4-9(14)18-2/h5,7H,3-4H2,1-2H3,(H,12,15)(H,16,17)/t7-/m1/s1. The Hall–Kier alpha value is -2.38. The molecule has 1 aromatic rings. The van der Waals surface area contributed by atoms with Gasteiger partial charge in [-0.2, -0.15) is 0 Å². The van der Waals surface area contributed by atoms with Gasteiger partial charge >= 0.3 is 11.9 Å². The number of carbonyl (C=O) groups is 3. The highest BCUT2D eigenvalue weighted by Gasteiger charge is 2.23. The molecule has 19 heavy (non-hydrogen) atoms. The first-order chi connectivity index (χ1) is 8.93. The Kier molecular flexibility index (Phi) is 5.04. The maximum absolute atomic E-state index is 11.7. The third-order valence-electron chi connectivity index (χ3n) is 2.33. The van der Waals surface area contributed by atoms with Gasteiger partial charge in [0.25, 0.3) is 5.91 Å². The molecular formula is C11H14N2O6. The molecule has 0 aliphatic rings. The number of ether oxygens (including phenoxy) is 1. The molecular weight excluding hydrogens is 256 g/mol. The number of rotatable bonds is 6. The SMILES string of the molecule is COC(=O)CC[C@@H](NC(=O)c1cc(C)on1)C(=O)O. The van der Waals surface area contributed by atoms with Gasteiger partial charge in [-0.25, -0.2) is 4.79 Å². The molecule has 1 atom stereocenters. The van der Waals surface area contributed by atoms with E-state index in [1.54, 1.807) is 6.92 Å². The Morgan fingerprint density at radius 1 is 1.53 bits per heavy atom. The van der Waals surface area contributed by atoms with E-state index in [0.29, 0.717) is 5.76 Å². The second kappa shape index (κ2) is 6.53. The van der Waals surface area contributed by atoms with Crippen LogP contribution < -0.4 is 5.32 Å². The van der Waals surface area contributed by atoms with Gasteiger partial charge in [0.1, 0.15) is 11.8 Å². The van der Waals surface area contributed by atoms with Crippen molar-refractivity contribution >= 4 is 17.8 Å². The van der Waals surface area contributed by atoms with Crippen molar-refractivity contribution in [1.29, 1.82) is 0 Å². The number of methoxy groups -OCH3 is 1. The predicted octanol–water partition coefficient (Wildman–Crippen LogP) is 0.119. The van der Waals surface area contributed by atoms with Gasteiger partial charge in [0.05, 0.1) is 7.11 Å². The molecule has 0 radical (unpaired) electrons. The molecule has 0 aliphatic heterocycles. The van der Waals surface area contributed by atoms with Crippen molar-refractivity contribution in [1.82, 2.24) is 10.5 Å². The van der Waals surface area contributed by atoms with Crippen LogP contribution in [-0.2, 0) is 14.3 Å². The van der Waals surface area contributed by atoms with Crippen molar-refractivity contribution in [3.8, 4) is 0 Å². The highest BCUT2D eigenvalue weighted by atomic mass is 16.5. The fraction of sp³-hybridized carbons (Fsp3) is 0.455. The molecule has 1 aromatic heterocycles. The van der Waals surface area contributed by atoms with Crippen molar-refractivity contribution < 1.29 is 28.8 Å². The monoisotopic (exact) mass is 270 g/mol. The molecule has 104 valence electrons. The highest BCUT2D eigenvalue weighted by Crippen LogP contribution is 2.04. The van der Waals surface area contributed by atoms with E-state index in [0.717, 1.165) is 0 Å². The number of hydrogen-bond donors (Lipinski definition) is 2. The summed E-state index contributed by atoms with van der Waals surface area (Å²) in [6.45, 7) is 1.61. The van der Waals surface area contributed by atoms with Crippen molar-refractivity contribution in [2.75, 3.05) is 7.11 Å². The summed E-state index contributed by atoms with van der Waals surface area (Å²) in [5.41, 5.74) is -0.0122. The molecule has 0 spiro atoms. The second-order valence-electron chi connectivity index (χ2n) is 3.80. The number of carbonyl (C=O) groups excluding carboxylic acids is 2. The normalized spacial score (nSPS) is 11.7.